The van der Waals surface area contributed by atoms with Gasteiger partial charge in [0.05, 0.1) is 17.5 Å². The lowest BCUT2D eigenvalue weighted by Gasteiger charge is -2.05. The Labute approximate surface area is 111 Å². The molecule has 5 heteroatoms. The van der Waals surface area contributed by atoms with Gasteiger partial charge in [0.25, 0.3) is 0 Å². The molecule has 0 aliphatic carbocycles. The number of pyridine rings is 1. The van der Waals surface area contributed by atoms with Gasteiger partial charge in [0.15, 0.2) is 5.82 Å². The molecule has 0 bridgehead atoms. The van der Waals surface area contributed by atoms with Crippen molar-refractivity contribution < 1.29 is 0 Å². The fraction of sp³-hybridized carbons (Fsp3) is 0.357. The number of rotatable bonds is 3. The summed E-state index contributed by atoms with van der Waals surface area (Å²) in [6.45, 7) is 4.24. The number of hydrogen-bond acceptors (Lipinski definition) is 3. The van der Waals surface area contributed by atoms with E-state index < -0.39 is 0 Å². The molecule has 0 fully saturated rings. The fourth-order valence-electron chi connectivity index (χ4n) is 2.29. The molecule has 0 aromatic carbocycles. The first kappa shape index (κ1) is 11.9. The molecule has 0 saturated heterocycles. The van der Waals surface area contributed by atoms with Crippen LogP contribution in [-0.4, -0.2) is 24.3 Å². The van der Waals surface area contributed by atoms with Crippen LogP contribution in [-0.2, 0) is 19.9 Å². The minimum Gasteiger partial charge on any atom is -0.334 e. The maximum atomic E-state index is 4.63. The van der Waals surface area contributed by atoms with Crippen LogP contribution in [0.5, 0.6) is 0 Å². The second-order valence-electron chi connectivity index (χ2n) is 4.60. The lowest BCUT2D eigenvalue weighted by Crippen LogP contribution is -2.05. The predicted molar refractivity (Wildman–Crippen MR) is 74.4 cm³/mol. The van der Waals surface area contributed by atoms with Crippen LogP contribution in [0.4, 0.5) is 0 Å². The van der Waals surface area contributed by atoms with Crippen molar-refractivity contribution in [1.29, 1.82) is 0 Å². The van der Waals surface area contributed by atoms with E-state index >= 15 is 0 Å². The summed E-state index contributed by atoms with van der Waals surface area (Å²) in [6, 6.07) is 4.12. The number of aromatic nitrogens is 5. The lowest BCUT2D eigenvalue weighted by atomic mass is 10.2. The minimum atomic E-state index is 0.814. The van der Waals surface area contributed by atoms with E-state index in [2.05, 4.69) is 35.0 Å². The van der Waals surface area contributed by atoms with Gasteiger partial charge in [-0.15, -0.1) is 0 Å². The molecule has 0 aliphatic heterocycles. The predicted octanol–water partition coefficient (Wildman–Crippen LogP) is 2.28. The summed E-state index contributed by atoms with van der Waals surface area (Å²) in [6.07, 6.45) is 5.48. The van der Waals surface area contributed by atoms with Crippen molar-refractivity contribution in [1.82, 2.24) is 24.3 Å². The van der Waals surface area contributed by atoms with Gasteiger partial charge in [-0.25, -0.2) is 14.6 Å². The zero-order valence-electron chi connectivity index (χ0n) is 11.5. The Balaban J connectivity index is 2.26. The van der Waals surface area contributed by atoms with Gasteiger partial charge in [0, 0.05) is 18.9 Å². The van der Waals surface area contributed by atoms with Crippen LogP contribution >= 0.6 is 0 Å². The van der Waals surface area contributed by atoms with Crippen LogP contribution in [0, 0.1) is 0 Å². The van der Waals surface area contributed by atoms with Crippen LogP contribution in [0.3, 0.4) is 0 Å². The summed E-state index contributed by atoms with van der Waals surface area (Å²) in [5.74, 6) is 0.814. The smallest absolute Gasteiger partial charge is 0.181 e. The van der Waals surface area contributed by atoms with Gasteiger partial charge in [-0.05, 0) is 25.0 Å². The standard InChI is InChI=1S/C14H17N5/c1-4-10-8-11(5-2)19(17-10)14-13-12(6-7-15-14)18(3)9-16-13/h6-9H,4-5H2,1-3H3. The maximum absolute atomic E-state index is 4.63. The minimum absolute atomic E-state index is 0.814. The Kier molecular flexibility index (Phi) is 2.81. The first-order valence-electron chi connectivity index (χ1n) is 6.58. The number of hydrogen-bond donors (Lipinski definition) is 0. The summed E-state index contributed by atoms with van der Waals surface area (Å²) in [5, 5.41) is 4.63. The first-order chi connectivity index (χ1) is 9.24. The SMILES string of the molecule is CCc1cc(CC)n(-c2nccc3c2ncn3C)n1. The number of imidazole rings is 1. The van der Waals surface area contributed by atoms with E-state index in [0.717, 1.165) is 35.4 Å². The molecule has 0 amide bonds. The van der Waals surface area contributed by atoms with Crippen LogP contribution in [0.15, 0.2) is 24.7 Å². The molecule has 3 heterocycles. The van der Waals surface area contributed by atoms with E-state index in [1.165, 1.54) is 5.69 Å². The molecule has 0 atom stereocenters. The highest BCUT2D eigenvalue weighted by Gasteiger charge is 2.13. The second kappa shape index (κ2) is 4.50. The van der Waals surface area contributed by atoms with E-state index in [9.17, 15) is 0 Å². The van der Waals surface area contributed by atoms with Crippen molar-refractivity contribution in [2.45, 2.75) is 26.7 Å². The lowest BCUT2D eigenvalue weighted by molar-refractivity contribution is 0.777. The van der Waals surface area contributed by atoms with Crippen molar-refractivity contribution in [3.8, 4) is 5.82 Å². The fourth-order valence-corrected chi connectivity index (χ4v) is 2.29. The molecule has 0 spiro atoms. The van der Waals surface area contributed by atoms with Crippen molar-refractivity contribution in [2.75, 3.05) is 0 Å². The van der Waals surface area contributed by atoms with Gasteiger partial charge < -0.3 is 4.57 Å². The third-order valence-corrected chi connectivity index (χ3v) is 3.38. The summed E-state index contributed by atoms with van der Waals surface area (Å²) in [7, 11) is 1.99. The van der Waals surface area contributed by atoms with Gasteiger partial charge in [-0.1, -0.05) is 13.8 Å². The summed E-state index contributed by atoms with van der Waals surface area (Å²) in [4.78, 5) is 8.92. The topological polar surface area (TPSA) is 48.5 Å². The zero-order valence-corrected chi connectivity index (χ0v) is 11.5. The molecule has 3 aromatic heterocycles. The highest BCUT2D eigenvalue weighted by Crippen LogP contribution is 2.20. The normalized spacial score (nSPS) is 11.3. The molecule has 3 rings (SSSR count). The number of nitrogens with zero attached hydrogens (tertiary/aromatic N) is 5. The summed E-state index contributed by atoms with van der Waals surface area (Å²) < 4.78 is 3.92. The largest absolute Gasteiger partial charge is 0.334 e. The Hall–Kier alpha value is -2.17. The van der Waals surface area contributed by atoms with Gasteiger partial charge in [0.2, 0.25) is 0 Å². The molecule has 5 nitrogen and oxygen atoms in total. The van der Waals surface area contributed by atoms with Crippen LogP contribution in [0.25, 0.3) is 16.9 Å². The Morgan fingerprint density at radius 1 is 1.16 bits per heavy atom. The molecule has 0 aliphatic rings. The zero-order chi connectivity index (χ0) is 13.4. The van der Waals surface area contributed by atoms with Crippen LogP contribution in [0.1, 0.15) is 25.2 Å². The molecule has 98 valence electrons. The van der Waals surface area contributed by atoms with E-state index in [1.54, 1.807) is 0 Å². The first-order valence-corrected chi connectivity index (χ1v) is 6.58. The third-order valence-electron chi connectivity index (χ3n) is 3.38. The van der Waals surface area contributed by atoms with Crippen LogP contribution in [0.2, 0.25) is 0 Å². The molecule has 0 saturated carbocycles. The monoisotopic (exact) mass is 255 g/mol. The van der Waals surface area contributed by atoms with Crippen molar-refractivity contribution in [3.63, 3.8) is 0 Å². The Morgan fingerprint density at radius 2 is 2.00 bits per heavy atom. The number of aryl methyl sites for hydroxylation is 3. The van der Waals surface area contributed by atoms with Crippen molar-refractivity contribution in [3.05, 3.63) is 36.0 Å². The van der Waals surface area contributed by atoms with E-state index in [1.807, 2.05) is 34.9 Å². The summed E-state index contributed by atoms with van der Waals surface area (Å²) >= 11 is 0. The van der Waals surface area contributed by atoms with Gasteiger partial charge in [-0.3, -0.25) is 0 Å². The molecule has 0 radical (unpaired) electrons. The Bertz CT molecular complexity index is 723. The summed E-state index contributed by atoms with van der Waals surface area (Å²) in [5.41, 5.74) is 4.22. The van der Waals surface area contributed by atoms with E-state index in [-0.39, 0.29) is 0 Å². The van der Waals surface area contributed by atoms with Crippen molar-refractivity contribution >= 4 is 11.0 Å². The average molecular weight is 255 g/mol. The molecule has 3 aromatic rings. The quantitative estimate of drug-likeness (QED) is 0.721. The van der Waals surface area contributed by atoms with Gasteiger partial charge in [0.1, 0.15) is 5.52 Å². The van der Waals surface area contributed by atoms with E-state index in [4.69, 9.17) is 0 Å². The van der Waals surface area contributed by atoms with Gasteiger partial charge in [-0.2, -0.15) is 5.10 Å². The Morgan fingerprint density at radius 3 is 2.74 bits per heavy atom. The van der Waals surface area contributed by atoms with Crippen LogP contribution < -0.4 is 0 Å². The molecule has 0 unspecified atom stereocenters. The van der Waals surface area contributed by atoms with Crippen molar-refractivity contribution in [2.24, 2.45) is 7.05 Å². The molecule has 19 heavy (non-hydrogen) atoms. The maximum Gasteiger partial charge on any atom is 0.181 e. The molecular weight excluding hydrogens is 238 g/mol. The second-order valence-corrected chi connectivity index (χ2v) is 4.60. The van der Waals surface area contributed by atoms with E-state index in [0.29, 0.717) is 0 Å². The number of fused-ring (bicyclic) bond motifs is 1. The molecular formula is C14H17N5. The average Bonchev–Trinajstić information content (AvgIpc) is 3.02. The highest BCUT2D eigenvalue weighted by molar-refractivity contribution is 5.81. The third kappa shape index (κ3) is 1.82. The van der Waals surface area contributed by atoms with Gasteiger partial charge >= 0.3 is 0 Å². The highest BCUT2D eigenvalue weighted by atomic mass is 15.3. The molecule has 0 N–H and O–H groups in total.